The van der Waals surface area contributed by atoms with Crippen molar-refractivity contribution in [3.8, 4) is 17.0 Å². The topological polar surface area (TPSA) is 103 Å². The number of methoxy groups -OCH3 is 1. The largest absolute Gasteiger partial charge is 0.497 e. The van der Waals surface area contributed by atoms with Crippen LogP contribution in [0.25, 0.3) is 22.3 Å². The van der Waals surface area contributed by atoms with Gasteiger partial charge < -0.3 is 10.1 Å². The molecule has 5 rings (SSSR count). The van der Waals surface area contributed by atoms with E-state index in [-0.39, 0.29) is 28.3 Å². The molecule has 2 aromatic carbocycles. The van der Waals surface area contributed by atoms with Crippen LogP contribution in [0.5, 0.6) is 5.75 Å². The quantitative estimate of drug-likeness (QED) is 0.447. The third kappa shape index (κ3) is 4.37. The number of benzene rings is 2. The Labute approximate surface area is 201 Å². The Bertz CT molecular complexity index is 1550. The Morgan fingerprint density at radius 2 is 1.91 bits per heavy atom. The normalized spacial score (nSPS) is 16.9. The molecular formula is C25H23FN4O4S. The summed E-state index contributed by atoms with van der Waals surface area (Å²) in [6.07, 6.45) is 0.400. The van der Waals surface area contributed by atoms with E-state index in [1.54, 1.807) is 67.2 Å². The van der Waals surface area contributed by atoms with Crippen LogP contribution < -0.4 is 10.1 Å². The van der Waals surface area contributed by atoms with Gasteiger partial charge in [0, 0.05) is 11.3 Å². The number of carbonyl (C=O) groups excluding carboxylic acids is 1. The van der Waals surface area contributed by atoms with Crippen LogP contribution in [0.3, 0.4) is 0 Å². The Hall–Kier alpha value is -3.79. The average Bonchev–Trinajstić information content (AvgIpc) is 3.38. The van der Waals surface area contributed by atoms with Gasteiger partial charge in [-0.3, -0.25) is 4.79 Å². The number of anilines is 1. The molecular weight excluding hydrogens is 471 g/mol. The van der Waals surface area contributed by atoms with Gasteiger partial charge in [0.15, 0.2) is 15.5 Å². The van der Waals surface area contributed by atoms with E-state index in [9.17, 15) is 17.6 Å². The molecule has 1 fully saturated rings. The van der Waals surface area contributed by atoms with E-state index in [0.717, 1.165) is 0 Å². The molecule has 3 heterocycles. The van der Waals surface area contributed by atoms with Gasteiger partial charge in [-0.1, -0.05) is 12.1 Å². The number of halogens is 1. The lowest BCUT2D eigenvalue weighted by atomic mass is 10.0. The third-order valence-corrected chi connectivity index (χ3v) is 7.88. The summed E-state index contributed by atoms with van der Waals surface area (Å²) in [4.78, 5) is 18.1. The predicted molar refractivity (Wildman–Crippen MR) is 131 cm³/mol. The second-order valence-electron chi connectivity index (χ2n) is 8.50. The number of fused-ring (bicyclic) bond motifs is 1. The van der Waals surface area contributed by atoms with Gasteiger partial charge >= 0.3 is 0 Å². The average molecular weight is 495 g/mol. The van der Waals surface area contributed by atoms with Crippen molar-refractivity contribution in [3.05, 3.63) is 71.7 Å². The van der Waals surface area contributed by atoms with Crippen molar-refractivity contribution in [3.63, 3.8) is 0 Å². The highest BCUT2D eigenvalue weighted by molar-refractivity contribution is 7.91. The maximum absolute atomic E-state index is 14.7. The van der Waals surface area contributed by atoms with Crippen LogP contribution in [-0.4, -0.2) is 47.7 Å². The summed E-state index contributed by atoms with van der Waals surface area (Å²) in [6, 6.07) is 14.2. The number of pyridine rings is 1. The van der Waals surface area contributed by atoms with E-state index in [4.69, 9.17) is 4.74 Å². The van der Waals surface area contributed by atoms with Gasteiger partial charge in [-0.2, -0.15) is 5.10 Å². The zero-order chi connectivity index (χ0) is 24.7. The highest BCUT2D eigenvalue weighted by atomic mass is 32.2. The van der Waals surface area contributed by atoms with Gasteiger partial charge in [0.1, 0.15) is 11.6 Å². The molecule has 4 aromatic rings. The summed E-state index contributed by atoms with van der Waals surface area (Å²) >= 11 is 0. The van der Waals surface area contributed by atoms with Crippen molar-refractivity contribution in [2.45, 2.75) is 19.4 Å². The smallest absolute Gasteiger partial charge is 0.256 e. The highest BCUT2D eigenvalue weighted by Gasteiger charge is 2.32. The molecule has 35 heavy (non-hydrogen) atoms. The van der Waals surface area contributed by atoms with Crippen LogP contribution in [0.4, 0.5) is 10.1 Å². The fraction of sp³-hybridized carbons (Fsp3) is 0.240. The molecule has 180 valence electrons. The molecule has 0 radical (unpaired) electrons. The van der Waals surface area contributed by atoms with Crippen LogP contribution in [-0.2, 0) is 9.84 Å². The first kappa shape index (κ1) is 23.0. The standard InChI is InChI=1S/C25H23FN4O4S/c1-15-23-20(25(31)27-16-7-9-18(34-2)10-8-16)13-22(19-5-3-4-6-21(19)26)28-24(23)30(29-15)17-11-12-35(32,33)14-17/h3-10,13,17H,11-12,14H2,1-2H3,(H,27,31). The zero-order valence-corrected chi connectivity index (χ0v) is 20.0. The van der Waals surface area contributed by atoms with Crippen molar-refractivity contribution < 1.29 is 22.3 Å². The second kappa shape index (κ2) is 8.77. The molecule has 1 saturated heterocycles. The number of hydrogen-bond donors (Lipinski definition) is 1. The zero-order valence-electron chi connectivity index (χ0n) is 19.2. The number of carbonyl (C=O) groups is 1. The van der Waals surface area contributed by atoms with Crippen molar-refractivity contribution in [1.29, 1.82) is 0 Å². The number of aromatic nitrogens is 3. The van der Waals surface area contributed by atoms with E-state index in [1.165, 1.54) is 6.07 Å². The molecule has 0 spiro atoms. The Balaban J connectivity index is 1.66. The second-order valence-corrected chi connectivity index (χ2v) is 10.7. The molecule has 1 unspecified atom stereocenters. The number of nitrogens with one attached hydrogen (secondary N) is 1. The summed E-state index contributed by atoms with van der Waals surface area (Å²) in [5, 5.41) is 7.93. The fourth-order valence-corrected chi connectivity index (χ4v) is 6.09. The first-order chi connectivity index (χ1) is 16.8. The summed E-state index contributed by atoms with van der Waals surface area (Å²) in [5.74, 6) is -0.230. The Morgan fingerprint density at radius 3 is 2.57 bits per heavy atom. The molecule has 1 N–H and O–H groups in total. The predicted octanol–water partition coefficient (Wildman–Crippen LogP) is 4.17. The summed E-state index contributed by atoms with van der Waals surface area (Å²) in [7, 11) is -1.63. The van der Waals surface area contributed by atoms with Crippen LogP contribution in [0.2, 0.25) is 0 Å². The Kier molecular flexibility index (Phi) is 5.76. The molecule has 0 saturated carbocycles. The highest BCUT2D eigenvalue weighted by Crippen LogP contribution is 2.33. The Morgan fingerprint density at radius 1 is 1.17 bits per heavy atom. The molecule has 2 aromatic heterocycles. The maximum Gasteiger partial charge on any atom is 0.256 e. The van der Waals surface area contributed by atoms with Gasteiger partial charge in [-0.25, -0.2) is 22.5 Å². The van der Waals surface area contributed by atoms with Crippen LogP contribution in [0.1, 0.15) is 28.5 Å². The first-order valence-corrected chi connectivity index (χ1v) is 12.9. The number of nitrogens with zero attached hydrogens (tertiary/aromatic N) is 3. The minimum atomic E-state index is -3.18. The van der Waals surface area contributed by atoms with E-state index in [2.05, 4.69) is 15.4 Å². The molecule has 10 heteroatoms. The molecule has 0 bridgehead atoms. The van der Waals surface area contributed by atoms with Crippen LogP contribution in [0.15, 0.2) is 54.6 Å². The molecule has 1 aliphatic rings. The van der Waals surface area contributed by atoms with Crippen LogP contribution in [0, 0.1) is 12.7 Å². The van der Waals surface area contributed by atoms with Crippen molar-refractivity contribution in [2.75, 3.05) is 23.9 Å². The maximum atomic E-state index is 14.7. The van der Waals surface area contributed by atoms with Gasteiger partial charge in [0.25, 0.3) is 5.91 Å². The van der Waals surface area contributed by atoms with Gasteiger partial charge in [0.05, 0.1) is 47.0 Å². The molecule has 1 aliphatic heterocycles. The number of amides is 1. The molecule has 0 aliphatic carbocycles. The molecule has 8 nitrogen and oxygen atoms in total. The van der Waals surface area contributed by atoms with Crippen molar-refractivity contribution in [2.24, 2.45) is 0 Å². The van der Waals surface area contributed by atoms with Crippen molar-refractivity contribution >= 4 is 32.5 Å². The van der Waals surface area contributed by atoms with E-state index >= 15 is 0 Å². The van der Waals surface area contributed by atoms with E-state index in [1.807, 2.05) is 0 Å². The number of hydrogen-bond acceptors (Lipinski definition) is 6. The molecule has 1 atom stereocenters. The summed E-state index contributed by atoms with van der Waals surface area (Å²) < 4.78 is 45.7. The minimum absolute atomic E-state index is 0.0534. The number of aryl methyl sites for hydroxylation is 1. The lowest BCUT2D eigenvalue weighted by molar-refractivity contribution is 0.102. The number of rotatable bonds is 5. The monoisotopic (exact) mass is 494 g/mol. The van der Waals surface area contributed by atoms with E-state index in [0.29, 0.717) is 34.6 Å². The van der Waals surface area contributed by atoms with Gasteiger partial charge in [-0.15, -0.1) is 0 Å². The minimum Gasteiger partial charge on any atom is -0.497 e. The first-order valence-electron chi connectivity index (χ1n) is 11.1. The third-order valence-electron chi connectivity index (χ3n) is 6.13. The summed E-state index contributed by atoms with van der Waals surface area (Å²) in [5.41, 5.74) is 2.21. The van der Waals surface area contributed by atoms with Gasteiger partial charge in [0.2, 0.25) is 0 Å². The number of sulfone groups is 1. The fourth-order valence-electron chi connectivity index (χ4n) is 4.39. The summed E-state index contributed by atoms with van der Waals surface area (Å²) in [6.45, 7) is 1.75. The van der Waals surface area contributed by atoms with Crippen molar-refractivity contribution in [1.82, 2.24) is 14.8 Å². The molecule has 1 amide bonds. The van der Waals surface area contributed by atoms with E-state index < -0.39 is 27.6 Å². The lowest BCUT2D eigenvalue weighted by Gasteiger charge is -2.13. The van der Waals surface area contributed by atoms with Crippen LogP contribution >= 0.6 is 0 Å². The number of ether oxygens (including phenoxy) is 1. The lowest BCUT2D eigenvalue weighted by Crippen LogP contribution is -2.15. The van der Waals surface area contributed by atoms with Gasteiger partial charge in [-0.05, 0) is 55.8 Å². The SMILES string of the molecule is COc1ccc(NC(=O)c2cc(-c3ccccc3F)nc3c2c(C)nn3C2CCS(=O)(=O)C2)cc1.